The fourth-order valence-electron chi connectivity index (χ4n) is 7.08. The third-order valence-electron chi connectivity index (χ3n) is 8.93. The maximum atomic E-state index is 12.8. The van der Waals surface area contributed by atoms with Crippen LogP contribution in [0.25, 0.3) is 0 Å². The van der Waals surface area contributed by atoms with E-state index in [4.69, 9.17) is 9.15 Å². The van der Waals surface area contributed by atoms with Crippen LogP contribution < -0.4 is 5.32 Å². The number of ether oxygens (including phenoxy) is 1. The second-order valence-electron chi connectivity index (χ2n) is 10.9. The van der Waals surface area contributed by atoms with E-state index in [1.54, 1.807) is 0 Å². The topological polar surface area (TPSA) is 51.5 Å². The molecule has 1 heterocycles. The van der Waals surface area contributed by atoms with Crippen LogP contribution in [0.2, 0.25) is 0 Å². The number of furan rings is 1. The van der Waals surface area contributed by atoms with Gasteiger partial charge in [-0.3, -0.25) is 4.79 Å². The molecule has 34 heavy (non-hydrogen) atoms. The van der Waals surface area contributed by atoms with Crippen LogP contribution in [0.1, 0.15) is 69.3 Å². The van der Waals surface area contributed by atoms with Gasteiger partial charge in [-0.2, -0.15) is 0 Å². The molecular weight excluding hydrogens is 422 g/mol. The van der Waals surface area contributed by atoms with E-state index in [0.717, 1.165) is 70.2 Å². The molecule has 2 aliphatic rings. The van der Waals surface area contributed by atoms with E-state index in [1.165, 1.54) is 23.8 Å². The lowest BCUT2D eigenvalue weighted by Crippen LogP contribution is -2.53. The summed E-state index contributed by atoms with van der Waals surface area (Å²) in [4.78, 5) is 12.8. The van der Waals surface area contributed by atoms with Crippen LogP contribution in [-0.2, 0) is 28.9 Å². The quantitative estimate of drug-likeness (QED) is 0.262. The lowest BCUT2D eigenvalue weighted by Gasteiger charge is -2.57. The standard InChI is InChI=1S/C30H41NO3/c1-22-11-14-27-29(2,17-8-18-30(27,3)28(32)33-4)25(22)13-12-24-16-20-34-26(24)21-31-19-15-23-9-6-5-7-10-23/h5-7,9-10,16,20,25,27,31H,1,8,11-15,17-19,21H2,2-4H3/t25-,27?,29+,30?/m0/s1. The predicted molar refractivity (Wildman–Crippen MR) is 136 cm³/mol. The van der Waals surface area contributed by atoms with Gasteiger partial charge in [-0.25, -0.2) is 0 Å². The summed E-state index contributed by atoms with van der Waals surface area (Å²) in [6.45, 7) is 10.7. The van der Waals surface area contributed by atoms with Crippen molar-refractivity contribution in [3.63, 3.8) is 0 Å². The minimum Gasteiger partial charge on any atom is -0.469 e. The van der Waals surface area contributed by atoms with Gasteiger partial charge in [0.15, 0.2) is 0 Å². The number of rotatable bonds is 9. The summed E-state index contributed by atoms with van der Waals surface area (Å²) in [7, 11) is 1.53. The number of nitrogens with one attached hydrogen (secondary N) is 1. The van der Waals surface area contributed by atoms with Gasteiger partial charge in [0.1, 0.15) is 5.76 Å². The largest absolute Gasteiger partial charge is 0.469 e. The molecule has 4 atom stereocenters. The molecule has 0 amide bonds. The molecule has 2 saturated carbocycles. The Morgan fingerprint density at radius 3 is 2.74 bits per heavy atom. The van der Waals surface area contributed by atoms with E-state index in [0.29, 0.717) is 11.8 Å². The summed E-state index contributed by atoms with van der Waals surface area (Å²) in [6, 6.07) is 12.7. The van der Waals surface area contributed by atoms with Crippen LogP contribution >= 0.6 is 0 Å². The molecule has 4 nitrogen and oxygen atoms in total. The van der Waals surface area contributed by atoms with Gasteiger partial charge in [-0.05, 0) is 92.9 Å². The summed E-state index contributed by atoms with van der Waals surface area (Å²) in [5, 5.41) is 3.54. The highest BCUT2D eigenvalue weighted by atomic mass is 16.5. The number of fused-ring (bicyclic) bond motifs is 1. The highest BCUT2D eigenvalue weighted by Gasteiger charge is 2.57. The molecule has 0 saturated heterocycles. The number of carbonyl (C=O) groups is 1. The maximum absolute atomic E-state index is 12.8. The summed E-state index contributed by atoms with van der Waals surface area (Å²) >= 11 is 0. The number of allylic oxidation sites excluding steroid dienone is 1. The van der Waals surface area contributed by atoms with E-state index in [9.17, 15) is 4.79 Å². The number of methoxy groups -OCH3 is 1. The Bertz CT molecular complexity index is 980. The van der Waals surface area contributed by atoms with Crippen LogP contribution in [0.4, 0.5) is 0 Å². The van der Waals surface area contributed by atoms with Crippen LogP contribution in [0, 0.1) is 22.7 Å². The first-order valence-electron chi connectivity index (χ1n) is 12.9. The summed E-state index contributed by atoms with van der Waals surface area (Å²) < 4.78 is 11.1. The van der Waals surface area contributed by atoms with Crippen LogP contribution in [0.15, 0.2) is 59.2 Å². The molecule has 0 bridgehead atoms. The molecule has 1 N–H and O–H groups in total. The van der Waals surface area contributed by atoms with Gasteiger partial charge in [-0.1, -0.05) is 55.8 Å². The van der Waals surface area contributed by atoms with Crippen LogP contribution in [0.5, 0.6) is 0 Å². The zero-order chi connectivity index (χ0) is 24.2. The molecule has 0 aliphatic heterocycles. The van der Waals surface area contributed by atoms with Gasteiger partial charge in [0.2, 0.25) is 0 Å². The zero-order valence-corrected chi connectivity index (χ0v) is 21.2. The van der Waals surface area contributed by atoms with Crippen molar-refractivity contribution in [2.24, 2.45) is 22.7 Å². The Balaban J connectivity index is 1.39. The van der Waals surface area contributed by atoms with Crippen molar-refractivity contribution in [1.82, 2.24) is 5.32 Å². The first-order valence-corrected chi connectivity index (χ1v) is 12.9. The summed E-state index contributed by atoms with van der Waals surface area (Å²) in [5.74, 6) is 1.78. The van der Waals surface area contributed by atoms with Crippen molar-refractivity contribution >= 4 is 5.97 Å². The SMILES string of the molecule is C=C1CCC2C(C)(C(=O)OC)CCC[C@]2(C)[C@H]1CCc1ccoc1CNCCc1ccccc1. The third kappa shape index (κ3) is 4.88. The lowest BCUT2D eigenvalue weighted by molar-refractivity contribution is -0.168. The Kier molecular flexibility index (Phi) is 7.67. The minimum absolute atomic E-state index is 0.0339. The van der Waals surface area contributed by atoms with Gasteiger partial charge in [0.25, 0.3) is 0 Å². The Morgan fingerprint density at radius 1 is 1.18 bits per heavy atom. The van der Waals surface area contributed by atoms with Crippen molar-refractivity contribution in [3.05, 3.63) is 71.7 Å². The third-order valence-corrected chi connectivity index (χ3v) is 8.93. The molecule has 2 aromatic rings. The Morgan fingerprint density at radius 2 is 1.97 bits per heavy atom. The first-order chi connectivity index (χ1) is 16.4. The fraction of sp³-hybridized carbons (Fsp3) is 0.567. The van der Waals surface area contributed by atoms with Crippen LogP contribution in [0.3, 0.4) is 0 Å². The summed E-state index contributed by atoms with van der Waals surface area (Å²) in [6.07, 6.45) is 10.1. The molecule has 184 valence electrons. The van der Waals surface area contributed by atoms with Gasteiger partial charge < -0.3 is 14.5 Å². The van der Waals surface area contributed by atoms with Crippen molar-refractivity contribution in [2.75, 3.05) is 13.7 Å². The maximum Gasteiger partial charge on any atom is 0.311 e. The molecular formula is C30H41NO3. The van der Waals surface area contributed by atoms with Gasteiger partial charge in [0, 0.05) is 0 Å². The van der Waals surface area contributed by atoms with Crippen molar-refractivity contribution in [2.45, 2.75) is 71.8 Å². The van der Waals surface area contributed by atoms with Crippen LogP contribution in [-0.4, -0.2) is 19.6 Å². The smallest absolute Gasteiger partial charge is 0.311 e. The molecule has 1 aromatic heterocycles. The number of hydrogen-bond donors (Lipinski definition) is 1. The molecule has 2 unspecified atom stereocenters. The highest BCUT2D eigenvalue weighted by Crippen LogP contribution is 2.62. The molecule has 2 fully saturated rings. The van der Waals surface area contributed by atoms with Gasteiger partial charge in [-0.15, -0.1) is 0 Å². The molecule has 4 rings (SSSR count). The van der Waals surface area contributed by atoms with Crippen molar-refractivity contribution in [3.8, 4) is 0 Å². The van der Waals surface area contributed by atoms with E-state index >= 15 is 0 Å². The lowest BCUT2D eigenvalue weighted by atomic mass is 9.46. The zero-order valence-electron chi connectivity index (χ0n) is 21.2. The average Bonchev–Trinajstić information content (AvgIpc) is 3.28. The average molecular weight is 464 g/mol. The molecule has 1 aromatic carbocycles. The van der Waals surface area contributed by atoms with Crippen molar-refractivity contribution < 1.29 is 13.9 Å². The molecule has 0 radical (unpaired) electrons. The molecule has 4 heteroatoms. The number of esters is 1. The van der Waals surface area contributed by atoms with Gasteiger partial charge in [0.05, 0.1) is 25.3 Å². The summed E-state index contributed by atoms with van der Waals surface area (Å²) in [5.41, 5.74) is 3.70. The monoisotopic (exact) mass is 463 g/mol. The normalized spacial score (nSPS) is 29.0. The molecule has 0 spiro atoms. The Labute approximate surface area is 205 Å². The first kappa shape index (κ1) is 24.8. The number of benzene rings is 1. The number of carbonyl (C=O) groups excluding carboxylic acids is 1. The predicted octanol–water partition coefficient (Wildman–Crippen LogP) is 6.50. The Hall–Kier alpha value is -2.33. The van der Waals surface area contributed by atoms with E-state index < -0.39 is 0 Å². The van der Waals surface area contributed by atoms with Crippen molar-refractivity contribution in [1.29, 1.82) is 0 Å². The molecule has 2 aliphatic carbocycles. The van der Waals surface area contributed by atoms with Gasteiger partial charge >= 0.3 is 5.97 Å². The fourth-order valence-corrected chi connectivity index (χ4v) is 7.08. The second kappa shape index (κ2) is 10.5. The highest BCUT2D eigenvalue weighted by molar-refractivity contribution is 5.77. The number of hydrogen-bond acceptors (Lipinski definition) is 4. The number of aryl methyl sites for hydroxylation is 1. The minimum atomic E-state index is -0.385. The second-order valence-corrected chi connectivity index (χ2v) is 10.9. The van der Waals surface area contributed by atoms with E-state index in [1.807, 2.05) is 6.26 Å². The van der Waals surface area contributed by atoms with E-state index in [-0.39, 0.29) is 16.8 Å². The van der Waals surface area contributed by atoms with E-state index in [2.05, 4.69) is 62.1 Å².